The van der Waals surface area contributed by atoms with Crippen LogP contribution in [0.15, 0.2) is 36.4 Å². The van der Waals surface area contributed by atoms with Crippen LogP contribution in [0.1, 0.15) is 27.9 Å². The lowest BCUT2D eigenvalue weighted by molar-refractivity contribution is -0.116. The number of rotatable bonds is 2. The maximum Gasteiger partial charge on any atom is 0.224 e. The zero-order valence-corrected chi connectivity index (χ0v) is 11.0. The van der Waals surface area contributed by atoms with Crippen molar-refractivity contribution < 1.29 is 18.4 Å². The van der Waals surface area contributed by atoms with E-state index in [9.17, 15) is 18.4 Å². The van der Waals surface area contributed by atoms with Gasteiger partial charge in [-0.3, -0.25) is 9.59 Å². The summed E-state index contributed by atoms with van der Waals surface area (Å²) in [4.78, 5) is 23.6. The van der Waals surface area contributed by atoms with E-state index >= 15 is 0 Å². The summed E-state index contributed by atoms with van der Waals surface area (Å²) in [6.07, 6.45) is 0.902. The SMILES string of the molecule is O=C1CCc2cc(C(=O)c3cc(F)cc(F)c3)ccc2N1. The van der Waals surface area contributed by atoms with E-state index in [4.69, 9.17) is 0 Å². The Bertz CT molecular complexity index is 736. The fourth-order valence-corrected chi connectivity index (χ4v) is 2.38. The molecule has 0 spiro atoms. The molecule has 1 heterocycles. The highest BCUT2D eigenvalue weighted by molar-refractivity contribution is 6.09. The average Bonchev–Trinajstić information content (AvgIpc) is 2.45. The van der Waals surface area contributed by atoms with E-state index in [-0.39, 0.29) is 11.5 Å². The summed E-state index contributed by atoms with van der Waals surface area (Å²) in [5.74, 6) is -2.09. The summed E-state index contributed by atoms with van der Waals surface area (Å²) < 4.78 is 26.4. The molecule has 0 atom stereocenters. The fourth-order valence-electron chi connectivity index (χ4n) is 2.38. The van der Waals surface area contributed by atoms with Crippen molar-refractivity contribution in [2.75, 3.05) is 5.32 Å². The van der Waals surface area contributed by atoms with Crippen molar-refractivity contribution in [1.82, 2.24) is 0 Å². The van der Waals surface area contributed by atoms with Gasteiger partial charge in [0.1, 0.15) is 11.6 Å². The van der Waals surface area contributed by atoms with Crippen molar-refractivity contribution in [1.29, 1.82) is 0 Å². The predicted molar refractivity (Wildman–Crippen MR) is 73.2 cm³/mol. The van der Waals surface area contributed by atoms with Crippen LogP contribution < -0.4 is 5.32 Å². The summed E-state index contributed by atoms with van der Waals surface area (Å²) in [7, 11) is 0. The van der Waals surface area contributed by atoms with Gasteiger partial charge >= 0.3 is 0 Å². The number of amides is 1. The molecule has 5 heteroatoms. The molecule has 1 aliphatic rings. The van der Waals surface area contributed by atoms with Gasteiger partial charge in [-0.1, -0.05) is 0 Å². The van der Waals surface area contributed by atoms with Crippen LogP contribution >= 0.6 is 0 Å². The first-order chi connectivity index (χ1) is 10.0. The van der Waals surface area contributed by atoms with Gasteiger partial charge in [0, 0.05) is 29.3 Å². The number of benzene rings is 2. The number of nitrogens with one attached hydrogen (secondary N) is 1. The molecular formula is C16H11F2NO2. The number of hydrogen-bond donors (Lipinski definition) is 1. The number of halogens is 2. The van der Waals surface area contributed by atoms with E-state index in [0.717, 1.165) is 23.8 Å². The molecule has 0 radical (unpaired) electrons. The first-order valence-corrected chi connectivity index (χ1v) is 6.46. The standard InChI is InChI=1S/C16H11F2NO2/c17-12-6-11(7-13(18)8-12)16(21)10-1-3-14-9(5-10)2-4-15(20)19-14/h1,3,5-8H,2,4H2,(H,19,20). The first-order valence-electron chi connectivity index (χ1n) is 6.46. The third-order valence-electron chi connectivity index (χ3n) is 3.39. The van der Waals surface area contributed by atoms with Gasteiger partial charge in [-0.25, -0.2) is 8.78 Å². The molecule has 0 aliphatic carbocycles. The lowest BCUT2D eigenvalue weighted by atomic mass is 9.96. The smallest absolute Gasteiger partial charge is 0.224 e. The number of carbonyl (C=O) groups excluding carboxylic acids is 2. The number of ketones is 1. The molecule has 0 unspecified atom stereocenters. The van der Waals surface area contributed by atoms with Gasteiger partial charge in [-0.2, -0.15) is 0 Å². The minimum atomic E-state index is -0.788. The van der Waals surface area contributed by atoms with E-state index < -0.39 is 17.4 Å². The minimum Gasteiger partial charge on any atom is -0.326 e. The highest BCUT2D eigenvalue weighted by Crippen LogP contribution is 2.25. The summed E-state index contributed by atoms with van der Waals surface area (Å²) >= 11 is 0. The van der Waals surface area contributed by atoms with Crippen LogP contribution in [0, 0.1) is 11.6 Å². The van der Waals surface area contributed by atoms with Crippen molar-refractivity contribution >= 4 is 17.4 Å². The molecule has 3 rings (SSSR count). The van der Waals surface area contributed by atoms with Crippen molar-refractivity contribution in [2.24, 2.45) is 0 Å². The second-order valence-electron chi connectivity index (χ2n) is 4.91. The average molecular weight is 287 g/mol. The van der Waals surface area contributed by atoms with Gasteiger partial charge in [-0.15, -0.1) is 0 Å². The quantitative estimate of drug-likeness (QED) is 0.863. The Hall–Kier alpha value is -2.56. The first kappa shape index (κ1) is 13.4. The Morgan fingerprint density at radius 2 is 1.67 bits per heavy atom. The topological polar surface area (TPSA) is 46.2 Å². The molecule has 1 aliphatic heterocycles. The van der Waals surface area contributed by atoms with E-state index in [1.54, 1.807) is 12.1 Å². The number of carbonyl (C=O) groups is 2. The maximum atomic E-state index is 13.2. The van der Waals surface area contributed by atoms with Gasteiger partial charge in [0.2, 0.25) is 5.91 Å². The normalized spacial score (nSPS) is 13.5. The summed E-state index contributed by atoms with van der Waals surface area (Å²) in [5, 5.41) is 2.71. The Kier molecular flexibility index (Phi) is 3.25. The van der Waals surface area contributed by atoms with Crippen molar-refractivity contribution in [3.05, 3.63) is 64.7 Å². The van der Waals surface area contributed by atoms with Gasteiger partial charge in [0.05, 0.1) is 0 Å². The maximum absolute atomic E-state index is 13.2. The van der Waals surface area contributed by atoms with Crippen LogP contribution in [0.5, 0.6) is 0 Å². The fraction of sp³-hybridized carbons (Fsp3) is 0.125. The van der Waals surface area contributed by atoms with Crippen LogP contribution in [0.4, 0.5) is 14.5 Å². The minimum absolute atomic E-state index is 0.0349. The molecule has 0 saturated heterocycles. The monoisotopic (exact) mass is 287 g/mol. The summed E-state index contributed by atoms with van der Waals surface area (Å²) in [5.41, 5.74) is 1.83. The molecule has 1 amide bonds. The van der Waals surface area contributed by atoms with Crippen molar-refractivity contribution in [3.63, 3.8) is 0 Å². The molecule has 1 N–H and O–H groups in total. The lowest BCUT2D eigenvalue weighted by Crippen LogP contribution is -2.19. The van der Waals surface area contributed by atoms with E-state index in [0.29, 0.717) is 24.1 Å². The molecule has 0 bridgehead atoms. The molecule has 21 heavy (non-hydrogen) atoms. The summed E-state index contributed by atoms with van der Waals surface area (Å²) in [6, 6.07) is 7.56. The van der Waals surface area contributed by atoms with E-state index in [1.807, 2.05) is 0 Å². The zero-order valence-electron chi connectivity index (χ0n) is 11.0. The molecule has 106 valence electrons. The zero-order chi connectivity index (χ0) is 15.0. The Labute approximate surface area is 119 Å². The van der Waals surface area contributed by atoms with Crippen molar-refractivity contribution in [2.45, 2.75) is 12.8 Å². The van der Waals surface area contributed by atoms with Crippen molar-refractivity contribution in [3.8, 4) is 0 Å². The van der Waals surface area contributed by atoms with Gasteiger partial charge < -0.3 is 5.32 Å². The largest absolute Gasteiger partial charge is 0.326 e. The van der Waals surface area contributed by atoms with Crippen LogP contribution in [-0.4, -0.2) is 11.7 Å². The Morgan fingerprint density at radius 3 is 2.38 bits per heavy atom. The summed E-state index contributed by atoms with van der Waals surface area (Å²) in [6.45, 7) is 0. The number of anilines is 1. The van der Waals surface area contributed by atoms with E-state index in [1.165, 1.54) is 6.07 Å². The molecule has 2 aromatic rings. The number of hydrogen-bond acceptors (Lipinski definition) is 2. The Morgan fingerprint density at radius 1 is 0.952 bits per heavy atom. The number of aryl methyl sites for hydroxylation is 1. The van der Waals surface area contributed by atoms with Crippen LogP contribution in [0.2, 0.25) is 0 Å². The Balaban J connectivity index is 1.97. The van der Waals surface area contributed by atoms with Gasteiger partial charge in [0.25, 0.3) is 0 Å². The second-order valence-corrected chi connectivity index (χ2v) is 4.91. The lowest BCUT2D eigenvalue weighted by Gasteiger charge is -2.17. The van der Waals surface area contributed by atoms with Crippen LogP contribution in [0.3, 0.4) is 0 Å². The molecular weight excluding hydrogens is 276 g/mol. The van der Waals surface area contributed by atoms with Gasteiger partial charge in [-0.05, 0) is 42.3 Å². The second kappa shape index (κ2) is 5.09. The number of fused-ring (bicyclic) bond motifs is 1. The molecule has 0 saturated carbocycles. The molecule has 0 fully saturated rings. The van der Waals surface area contributed by atoms with Gasteiger partial charge in [0.15, 0.2) is 5.78 Å². The molecule has 0 aromatic heterocycles. The van der Waals surface area contributed by atoms with Crippen LogP contribution in [0.25, 0.3) is 0 Å². The predicted octanol–water partition coefficient (Wildman–Crippen LogP) is 3.08. The highest BCUT2D eigenvalue weighted by Gasteiger charge is 2.18. The third-order valence-corrected chi connectivity index (χ3v) is 3.39. The highest BCUT2D eigenvalue weighted by atomic mass is 19.1. The van der Waals surface area contributed by atoms with E-state index in [2.05, 4.69) is 5.32 Å². The van der Waals surface area contributed by atoms with Crippen LogP contribution in [-0.2, 0) is 11.2 Å². The molecule has 2 aromatic carbocycles. The molecule has 3 nitrogen and oxygen atoms in total. The third kappa shape index (κ3) is 2.67.